The minimum atomic E-state index is -0.380. The van der Waals surface area contributed by atoms with Gasteiger partial charge in [0.2, 0.25) is 0 Å². The lowest BCUT2D eigenvalue weighted by molar-refractivity contribution is 0.519. The Balaban J connectivity index is 1.60. The fourth-order valence-electron chi connectivity index (χ4n) is 3.82. The molecule has 0 unspecified atom stereocenters. The Morgan fingerprint density at radius 3 is 2.53 bits per heavy atom. The molecule has 0 saturated carbocycles. The number of thioether (sulfide) groups is 1. The van der Waals surface area contributed by atoms with Crippen LogP contribution in [0.2, 0.25) is 0 Å². The summed E-state index contributed by atoms with van der Waals surface area (Å²) >= 11 is 3.02. The lowest BCUT2D eigenvalue weighted by Crippen LogP contribution is -2.39. The van der Waals surface area contributed by atoms with Crippen molar-refractivity contribution >= 4 is 44.5 Å². The molecule has 11 heteroatoms. The highest BCUT2D eigenvalue weighted by atomic mass is 32.2. The van der Waals surface area contributed by atoms with Crippen LogP contribution in [0.4, 0.5) is 0 Å². The fourth-order valence-corrected chi connectivity index (χ4v) is 5.95. The molecule has 4 aromatic heterocycles. The number of nitrogens with zero attached hydrogens (tertiary/aromatic N) is 6. The summed E-state index contributed by atoms with van der Waals surface area (Å²) in [5.74, 6) is 0.618. The second-order valence-corrected chi connectivity index (χ2v) is 10.4. The maximum atomic E-state index is 13.2. The topological polar surface area (TPSA) is 96.7 Å². The van der Waals surface area contributed by atoms with Crippen LogP contribution in [0.15, 0.2) is 25.9 Å². The Morgan fingerprint density at radius 2 is 1.84 bits per heavy atom. The van der Waals surface area contributed by atoms with Crippen LogP contribution in [-0.4, -0.2) is 34.0 Å². The number of fused-ring (bicyclic) bond motifs is 2. The van der Waals surface area contributed by atoms with Gasteiger partial charge in [0, 0.05) is 37.3 Å². The first-order valence-corrected chi connectivity index (χ1v) is 12.2. The quantitative estimate of drug-likeness (QED) is 0.242. The fraction of sp³-hybridized carbons (Fsp3) is 0.476. The number of thiophene rings is 1. The zero-order valence-electron chi connectivity index (χ0n) is 19.0. The first-order chi connectivity index (χ1) is 15.1. The van der Waals surface area contributed by atoms with Crippen LogP contribution in [0.5, 0.6) is 0 Å². The van der Waals surface area contributed by atoms with Crippen LogP contribution >= 0.6 is 23.1 Å². The minimum absolute atomic E-state index is 0.0129. The number of hydrogen-bond donors (Lipinski definition) is 0. The summed E-state index contributed by atoms with van der Waals surface area (Å²) in [6.07, 6.45) is 2.12. The van der Waals surface area contributed by atoms with E-state index in [9.17, 15) is 14.4 Å². The molecule has 0 aliphatic heterocycles. The Morgan fingerprint density at radius 1 is 1.12 bits per heavy atom. The van der Waals surface area contributed by atoms with Crippen molar-refractivity contribution in [1.82, 2.24) is 28.2 Å². The largest absolute Gasteiger partial charge is 0.332 e. The summed E-state index contributed by atoms with van der Waals surface area (Å²) in [6, 6.07) is -0.0244. The van der Waals surface area contributed by atoms with Crippen molar-refractivity contribution in [3.63, 3.8) is 0 Å². The second-order valence-electron chi connectivity index (χ2n) is 8.15. The van der Waals surface area contributed by atoms with Crippen LogP contribution in [0.25, 0.3) is 21.4 Å². The zero-order chi connectivity index (χ0) is 23.3. The Labute approximate surface area is 192 Å². The Bertz CT molecular complexity index is 1520. The van der Waals surface area contributed by atoms with Crippen molar-refractivity contribution in [2.45, 2.75) is 51.9 Å². The molecule has 170 valence electrons. The number of rotatable bonds is 6. The second kappa shape index (κ2) is 8.36. The molecule has 0 N–H and O–H groups in total. The van der Waals surface area contributed by atoms with E-state index < -0.39 is 0 Å². The molecule has 4 rings (SSSR count). The standard InChI is InChI=1S/C21H26N6O3S2/c1-11(2)27-18(28)14-12(3)13(4)32-17(14)23-20(27)31-9-7-8-26-19(29)15-16(22-10-24(15)5)25(6)21(26)30/h10-11H,7-9H2,1-6H3. The zero-order valence-corrected chi connectivity index (χ0v) is 20.6. The van der Waals surface area contributed by atoms with Crippen molar-refractivity contribution in [1.29, 1.82) is 0 Å². The van der Waals surface area contributed by atoms with E-state index in [1.54, 1.807) is 23.2 Å². The molecule has 0 amide bonds. The molecule has 0 bridgehead atoms. The molecule has 4 aromatic rings. The highest BCUT2D eigenvalue weighted by Crippen LogP contribution is 2.29. The molecule has 0 radical (unpaired) electrons. The van der Waals surface area contributed by atoms with Gasteiger partial charge in [-0.05, 0) is 39.7 Å². The lowest BCUT2D eigenvalue weighted by Gasteiger charge is -2.15. The first-order valence-electron chi connectivity index (χ1n) is 10.4. The maximum absolute atomic E-state index is 13.2. The van der Waals surface area contributed by atoms with Gasteiger partial charge in [-0.3, -0.25) is 23.3 Å². The summed E-state index contributed by atoms with van der Waals surface area (Å²) in [5, 5.41) is 1.37. The van der Waals surface area contributed by atoms with Gasteiger partial charge in [-0.2, -0.15) is 0 Å². The molecule has 0 aromatic carbocycles. The molecule has 0 atom stereocenters. The number of aryl methyl sites for hydroxylation is 4. The first kappa shape index (κ1) is 22.5. The van der Waals surface area contributed by atoms with E-state index in [0.717, 1.165) is 15.3 Å². The normalized spacial score (nSPS) is 12.0. The van der Waals surface area contributed by atoms with E-state index in [0.29, 0.717) is 33.9 Å². The molecule has 0 saturated heterocycles. The summed E-state index contributed by atoms with van der Waals surface area (Å²) in [7, 11) is 3.36. The molecule has 0 aliphatic carbocycles. The molecule has 9 nitrogen and oxygen atoms in total. The van der Waals surface area contributed by atoms with E-state index in [1.165, 1.54) is 38.6 Å². The van der Waals surface area contributed by atoms with Gasteiger partial charge < -0.3 is 4.57 Å². The van der Waals surface area contributed by atoms with Crippen molar-refractivity contribution in [2.75, 3.05) is 5.75 Å². The van der Waals surface area contributed by atoms with Gasteiger partial charge in [0.1, 0.15) is 4.83 Å². The van der Waals surface area contributed by atoms with Gasteiger partial charge in [-0.15, -0.1) is 11.3 Å². The Hall–Kier alpha value is -2.66. The number of aromatic nitrogens is 6. The van der Waals surface area contributed by atoms with Gasteiger partial charge in [-0.1, -0.05) is 11.8 Å². The number of hydrogen-bond acceptors (Lipinski definition) is 7. The summed E-state index contributed by atoms with van der Waals surface area (Å²) in [6.45, 7) is 8.20. The smallest absolute Gasteiger partial charge is 0.328 e. The van der Waals surface area contributed by atoms with Crippen LogP contribution in [0, 0.1) is 13.8 Å². The highest BCUT2D eigenvalue weighted by molar-refractivity contribution is 7.99. The number of imidazole rings is 1. The third kappa shape index (κ3) is 3.53. The van der Waals surface area contributed by atoms with Crippen LogP contribution in [0.1, 0.15) is 36.8 Å². The average molecular weight is 475 g/mol. The molecular formula is C21H26N6O3S2. The van der Waals surface area contributed by atoms with Gasteiger partial charge >= 0.3 is 5.69 Å². The van der Waals surface area contributed by atoms with E-state index in [4.69, 9.17) is 4.98 Å². The SMILES string of the molecule is Cc1sc2nc(SCCCn3c(=O)c4c(ncn4C)n(C)c3=O)n(C(C)C)c(=O)c2c1C. The van der Waals surface area contributed by atoms with E-state index in [2.05, 4.69) is 4.98 Å². The highest BCUT2D eigenvalue weighted by Gasteiger charge is 2.19. The monoisotopic (exact) mass is 474 g/mol. The van der Waals surface area contributed by atoms with Crippen molar-refractivity contribution < 1.29 is 0 Å². The molecule has 0 fully saturated rings. The molecule has 32 heavy (non-hydrogen) atoms. The van der Waals surface area contributed by atoms with Gasteiger partial charge in [0.25, 0.3) is 11.1 Å². The minimum Gasteiger partial charge on any atom is -0.328 e. The van der Waals surface area contributed by atoms with Crippen LogP contribution < -0.4 is 16.8 Å². The maximum Gasteiger partial charge on any atom is 0.332 e. The van der Waals surface area contributed by atoms with Crippen molar-refractivity contribution in [2.24, 2.45) is 14.1 Å². The third-order valence-corrected chi connectivity index (χ3v) is 7.82. The lowest BCUT2D eigenvalue weighted by atomic mass is 10.2. The third-order valence-electron chi connectivity index (χ3n) is 5.68. The van der Waals surface area contributed by atoms with Crippen LogP contribution in [-0.2, 0) is 20.6 Å². The summed E-state index contributed by atoms with van der Waals surface area (Å²) in [4.78, 5) is 49.4. The van der Waals surface area contributed by atoms with Crippen molar-refractivity contribution in [3.05, 3.63) is 48.0 Å². The molecule has 4 heterocycles. The molecular weight excluding hydrogens is 448 g/mol. The average Bonchev–Trinajstić information content (AvgIpc) is 3.25. The molecule has 0 spiro atoms. The van der Waals surface area contributed by atoms with E-state index in [-0.39, 0.29) is 29.4 Å². The van der Waals surface area contributed by atoms with Gasteiger partial charge in [-0.25, -0.2) is 14.8 Å². The summed E-state index contributed by atoms with van der Waals surface area (Å²) < 4.78 is 6.02. The predicted octanol–water partition coefficient (Wildman–Crippen LogP) is 2.59. The summed E-state index contributed by atoms with van der Waals surface area (Å²) in [5.41, 5.74) is 1.05. The van der Waals surface area contributed by atoms with Gasteiger partial charge in [0.05, 0.1) is 11.7 Å². The molecule has 0 aliphatic rings. The predicted molar refractivity (Wildman–Crippen MR) is 129 cm³/mol. The van der Waals surface area contributed by atoms with E-state index in [1.807, 2.05) is 27.7 Å². The van der Waals surface area contributed by atoms with E-state index >= 15 is 0 Å². The van der Waals surface area contributed by atoms with Crippen molar-refractivity contribution in [3.8, 4) is 0 Å². The Kier molecular flexibility index (Phi) is 5.89. The van der Waals surface area contributed by atoms with Crippen LogP contribution in [0.3, 0.4) is 0 Å². The van der Waals surface area contributed by atoms with Gasteiger partial charge in [0.15, 0.2) is 16.3 Å².